The zero-order chi connectivity index (χ0) is 8.39. The number of thiophene rings is 1. The summed E-state index contributed by atoms with van der Waals surface area (Å²) < 4.78 is 4.86. The number of rotatable bonds is 2. The standard InChI is InChI=1S/C7H5BN2OS/c8-4-6-9-7(10-11-6)5-2-1-3-12-5/h1-3H,4H2. The summed E-state index contributed by atoms with van der Waals surface area (Å²) in [6.07, 6.45) is 0.290. The van der Waals surface area contributed by atoms with Gasteiger partial charge in [-0.05, 0) is 17.8 Å². The second kappa shape index (κ2) is 3.10. The third-order valence-electron chi connectivity index (χ3n) is 1.38. The Morgan fingerprint density at radius 1 is 1.58 bits per heavy atom. The molecule has 0 aliphatic rings. The van der Waals surface area contributed by atoms with Crippen molar-refractivity contribution in [3.8, 4) is 10.7 Å². The summed E-state index contributed by atoms with van der Waals surface area (Å²) in [5.74, 6) is 1.09. The van der Waals surface area contributed by atoms with Crippen LogP contribution in [0.15, 0.2) is 22.0 Å². The van der Waals surface area contributed by atoms with Crippen LogP contribution in [0.5, 0.6) is 0 Å². The van der Waals surface area contributed by atoms with Gasteiger partial charge in [0.15, 0.2) is 0 Å². The summed E-state index contributed by atoms with van der Waals surface area (Å²) in [6.45, 7) is 0. The van der Waals surface area contributed by atoms with Crippen molar-refractivity contribution >= 4 is 19.2 Å². The van der Waals surface area contributed by atoms with E-state index < -0.39 is 0 Å². The van der Waals surface area contributed by atoms with Gasteiger partial charge in [-0.25, -0.2) is 0 Å². The predicted octanol–water partition coefficient (Wildman–Crippen LogP) is 1.47. The molecule has 0 spiro atoms. The Kier molecular flexibility index (Phi) is 1.95. The lowest BCUT2D eigenvalue weighted by molar-refractivity contribution is 0.391. The van der Waals surface area contributed by atoms with Crippen LogP contribution in [0.4, 0.5) is 0 Å². The van der Waals surface area contributed by atoms with Gasteiger partial charge >= 0.3 is 0 Å². The van der Waals surface area contributed by atoms with Gasteiger partial charge in [0.2, 0.25) is 11.7 Å². The molecule has 0 N–H and O–H groups in total. The molecule has 58 valence electrons. The molecule has 2 heterocycles. The molecule has 0 saturated heterocycles. The Morgan fingerprint density at radius 2 is 2.50 bits per heavy atom. The fourth-order valence-corrected chi connectivity index (χ4v) is 1.49. The van der Waals surface area contributed by atoms with Gasteiger partial charge in [-0.2, -0.15) is 4.98 Å². The smallest absolute Gasteiger partial charge is 0.218 e. The molecule has 0 atom stereocenters. The molecule has 0 aliphatic carbocycles. The Labute approximate surface area is 74.8 Å². The fraction of sp³-hybridized carbons (Fsp3) is 0.143. The molecule has 2 aromatic rings. The van der Waals surface area contributed by atoms with Crippen molar-refractivity contribution in [1.82, 2.24) is 10.1 Å². The molecule has 5 heteroatoms. The molecule has 0 aliphatic heterocycles. The van der Waals surface area contributed by atoms with E-state index in [0.29, 0.717) is 18.0 Å². The van der Waals surface area contributed by atoms with Crippen LogP contribution in [0.2, 0.25) is 0 Å². The molecular formula is C7H5BN2OS. The van der Waals surface area contributed by atoms with E-state index in [1.165, 1.54) is 0 Å². The van der Waals surface area contributed by atoms with E-state index in [4.69, 9.17) is 12.4 Å². The van der Waals surface area contributed by atoms with Crippen molar-refractivity contribution < 1.29 is 4.52 Å². The summed E-state index contributed by atoms with van der Waals surface area (Å²) in [4.78, 5) is 5.08. The Hall–Kier alpha value is -1.10. The van der Waals surface area contributed by atoms with E-state index >= 15 is 0 Å². The minimum absolute atomic E-state index is 0.290. The van der Waals surface area contributed by atoms with Crippen LogP contribution < -0.4 is 0 Å². The molecule has 0 aromatic carbocycles. The quantitative estimate of drug-likeness (QED) is 0.650. The minimum atomic E-state index is 0.290. The second-order valence-electron chi connectivity index (χ2n) is 2.19. The van der Waals surface area contributed by atoms with Crippen molar-refractivity contribution in [3.63, 3.8) is 0 Å². The van der Waals surface area contributed by atoms with E-state index in [2.05, 4.69) is 10.1 Å². The summed E-state index contributed by atoms with van der Waals surface area (Å²) >= 11 is 1.57. The molecule has 0 fully saturated rings. The molecule has 0 bridgehead atoms. The normalized spacial score (nSPS) is 10.3. The third-order valence-corrected chi connectivity index (χ3v) is 2.25. The zero-order valence-corrected chi connectivity index (χ0v) is 7.04. The predicted molar refractivity (Wildman–Crippen MR) is 47.1 cm³/mol. The highest BCUT2D eigenvalue weighted by Gasteiger charge is 2.06. The van der Waals surface area contributed by atoms with Gasteiger partial charge in [0.25, 0.3) is 0 Å². The highest BCUT2D eigenvalue weighted by molar-refractivity contribution is 7.13. The van der Waals surface area contributed by atoms with Crippen molar-refractivity contribution in [1.29, 1.82) is 0 Å². The Balaban J connectivity index is 2.35. The van der Waals surface area contributed by atoms with Crippen molar-refractivity contribution in [2.24, 2.45) is 0 Å². The van der Waals surface area contributed by atoms with Gasteiger partial charge in [-0.3, -0.25) is 0 Å². The van der Waals surface area contributed by atoms with E-state index in [-0.39, 0.29) is 0 Å². The lowest BCUT2D eigenvalue weighted by Crippen LogP contribution is -1.81. The molecule has 0 amide bonds. The number of hydrogen-bond donors (Lipinski definition) is 0. The first-order valence-electron chi connectivity index (χ1n) is 3.46. The average Bonchev–Trinajstić information content (AvgIpc) is 2.75. The summed E-state index contributed by atoms with van der Waals surface area (Å²) in [7, 11) is 5.32. The lowest BCUT2D eigenvalue weighted by atomic mass is 10.1. The number of nitrogens with zero attached hydrogens (tertiary/aromatic N) is 2. The molecule has 2 rings (SSSR count). The first-order chi connectivity index (χ1) is 5.90. The van der Waals surface area contributed by atoms with Crippen LogP contribution in [-0.2, 0) is 6.32 Å². The molecule has 0 saturated carbocycles. The van der Waals surface area contributed by atoms with Crippen LogP contribution >= 0.6 is 11.3 Å². The number of aromatic nitrogens is 2. The zero-order valence-electron chi connectivity index (χ0n) is 6.23. The SMILES string of the molecule is [B]Cc1nc(-c2cccs2)no1. The van der Waals surface area contributed by atoms with Crippen LogP contribution in [0.1, 0.15) is 5.89 Å². The molecule has 2 aromatic heterocycles. The average molecular weight is 176 g/mol. The maximum Gasteiger partial charge on any atom is 0.218 e. The third kappa shape index (κ3) is 1.27. The number of hydrogen-bond acceptors (Lipinski definition) is 4. The van der Waals surface area contributed by atoms with Crippen molar-refractivity contribution in [2.45, 2.75) is 6.32 Å². The molecule has 12 heavy (non-hydrogen) atoms. The van der Waals surface area contributed by atoms with Gasteiger partial charge in [-0.15, -0.1) is 11.3 Å². The summed E-state index contributed by atoms with van der Waals surface area (Å²) in [6, 6.07) is 3.88. The van der Waals surface area contributed by atoms with Gasteiger partial charge < -0.3 is 4.52 Å². The van der Waals surface area contributed by atoms with Gasteiger partial charge in [-0.1, -0.05) is 11.2 Å². The van der Waals surface area contributed by atoms with Gasteiger partial charge in [0, 0.05) is 0 Å². The topological polar surface area (TPSA) is 38.9 Å². The molecule has 0 unspecified atom stereocenters. The highest BCUT2D eigenvalue weighted by atomic mass is 32.1. The van der Waals surface area contributed by atoms with Crippen molar-refractivity contribution in [3.05, 3.63) is 23.4 Å². The largest absolute Gasteiger partial charge is 0.340 e. The fourth-order valence-electron chi connectivity index (χ4n) is 0.844. The molecular weight excluding hydrogens is 171 g/mol. The van der Waals surface area contributed by atoms with E-state index in [1.54, 1.807) is 11.3 Å². The van der Waals surface area contributed by atoms with Crippen LogP contribution in [0.3, 0.4) is 0 Å². The lowest BCUT2D eigenvalue weighted by Gasteiger charge is -1.81. The maximum atomic E-state index is 5.32. The summed E-state index contributed by atoms with van der Waals surface area (Å²) in [5.41, 5.74) is 0. The van der Waals surface area contributed by atoms with E-state index in [9.17, 15) is 0 Å². The maximum absolute atomic E-state index is 5.32. The first kappa shape index (κ1) is 7.55. The van der Waals surface area contributed by atoms with Crippen molar-refractivity contribution in [2.75, 3.05) is 0 Å². The Bertz CT molecular complexity index is 357. The summed E-state index contributed by atoms with van der Waals surface area (Å²) in [5, 5.41) is 5.74. The Morgan fingerprint density at radius 3 is 3.08 bits per heavy atom. The molecule has 3 nitrogen and oxygen atoms in total. The minimum Gasteiger partial charge on any atom is -0.340 e. The van der Waals surface area contributed by atoms with E-state index in [1.807, 2.05) is 17.5 Å². The van der Waals surface area contributed by atoms with Gasteiger partial charge in [0.05, 0.1) is 12.7 Å². The second-order valence-corrected chi connectivity index (χ2v) is 3.14. The highest BCUT2D eigenvalue weighted by Crippen LogP contribution is 2.20. The van der Waals surface area contributed by atoms with E-state index in [0.717, 1.165) is 4.88 Å². The van der Waals surface area contributed by atoms with Crippen LogP contribution in [0, 0.1) is 0 Å². The van der Waals surface area contributed by atoms with Crippen LogP contribution in [0.25, 0.3) is 10.7 Å². The van der Waals surface area contributed by atoms with Crippen LogP contribution in [-0.4, -0.2) is 18.0 Å². The van der Waals surface area contributed by atoms with Gasteiger partial charge in [0.1, 0.15) is 0 Å². The molecule has 2 radical (unpaired) electrons. The monoisotopic (exact) mass is 176 g/mol. The first-order valence-corrected chi connectivity index (χ1v) is 4.34.